The van der Waals surface area contributed by atoms with Gasteiger partial charge in [-0.15, -0.1) is 5.10 Å². The van der Waals surface area contributed by atoms with Gasteiger partial charge in [0.2, 0.25) is 9.84 Å². The number of rotatable bonds is 5. The maximum atomic E-state index is 12.3. The fourth-order valence-electron chi connectivity index (χ4n) is 1.32. The number of nitrogens with zero attached hydrogens (tertiary/aromatic N) is 2. The van der Waals surface area contributed by atoms with Gasteiger partial charge >= 0.3 is 5.76 Å². The van der Waals surface area contributed by atoms with Gasteiger partial charge < -0.3 is 5.32 Å². The molecule has 0 aliphatic rings. The van der Waals surface area contributed by atoms with Gasteiger partial charge in [0.25, 0.3) is 0 Å². The molecule has 2 rings (SSSR count). The molecule has 0 atom stereocenters. The molecule has 102 valence electrons. The third-order valence-electron chi connectivity index (χ3n) is 2.30. The first-order valence-electron chi connectivity index (χ1n) is 5.12. The fraction of sp³-hybridized carbons (Fsp3) is 0.200. The molecule has 1 aromatic heterocycles. The topological polar surface area (TPSA) is 72.0 Å². The molecule has 1 N–H and O–H groups in total. The number of alkyl halides is 2. The molecule has 0 unspecified atom stereocenters. The molecule has 0 aliphatic heterocycles. The van der Waals surface area contributed by atoms with Gasteiger partial charge in [0.05, 0.1) is 17.1 Å². The highest BCUT2D eigenvalue weighted by Gasteiger charge is 2.26. The van der Waals surface area contributed by atoms with E-state index >= 15 is 0 Å². The molecule has 0 aliphatic carbocycles. The Morgan fingerprint density at radius 3 is 2.47 bits per heavy atom. The van der Waals surface area contributed by atoms with Crippen molar-refractivity contribution in [3.8, 4) is 0 Å². The number of aromatic nitrogens is 2. The predicted octanol–water partition coefficient (Wildman–Crippen LogP) is 2.15. The van der Waals surface area contributed by atoms with Crippen molar-refractivity contribution in [2.24, 2.45) is 0 Å². The average Bonchev–Trinajstić information content (AvgIpc) is 2.90. The maximum Gasteiger partial charge on any atom is 0.341 e. The number of anilines is 1. The minimum absolute atomic E-state index is 0.400. The molecule has 1 heterocycles. The first kappa shape index (κ1) is 13.8. The van der Waals surface area contributed by atoms with E-state index in [1.54, 1.807) is 5.38 Å². The molecular formula is C10H9F2N3O2S2. The van der Waals surface area contributed by atoms with Gasteiger partial charge in [-0.2, -0.15) is 8.78 Å². The van der Waals surface area contributed by atoms with E-state index in [0.29, 0.717) is 12.2 Å². The van der Waals surface area contributed by atoms with Crippen LogP contribution in [0.2, 0.25) is 0 Å². The maximum absolute atomic E-state index is 12.3. The van der Waals surface area contributed by atoms with E-state index in [4.69, 9.17) is 0 Å². The van der Waals surface area contributed by atoms with E-state index in [0.717, 1.165) is 17.8 Å². The summed E-state index contributed by atoms with van der Waals surface area (Å²) in [7, 11) is -4.53. The molecule has 5 nitrogen and oxygen atoms in total. The highest BCUT2D eigenvalue weighted by Crippen LogP contribution is 2.20. The molecular weight excluding hydrogens is 296 g/mol. The molecule has 0 fully saturated rings. The van der Waals surface area contributed by atoms with Crippen LogP contribution in [0.25, 0.3) is 0 Å². The van der Waals surface area contributed by atoms with Crippen LogP contribution in [-0.4, -0.2) is 23.8 Å². The predicted molar refractivity (Wildman–Crippen MR) is 66.9 cm³/mol. The second-order valence-electron chi connectivity index (χ2n) is 3.58. The Labute approximate surface area is 112 Å². The van der Waals surface area contributed by atoms with Crippen molar-refractivity contribution in [3.05, 3.63) is 35.3 Å². The van der Waals surface area contributed by atoms with Crippen LogP contribution < -0.4 is 5.32 Å². The third kappa shape index (κ3) is 3.24. The quantitative estimate of drug-likeness (QED) is 0.916. The first-order valence-corrected chi connectivity index (χ1v) is 7.50. The lowest BCUT2D eigenvalue weighted by atomic mass is 10.3. The molecule has 0 saturated heterocycles. The van der Waals surface area contributed by atoms with E-state index in [-0.39, 0.29) is 0 Å². The fourth-order valence-corrected chi connectivity index (χ4v) is 2.49. The summed E-state index contributed by atoms with van der Waals surface area (Å²) >= 11 is 1.22. The number of benzene rings is 1. The Morgan fingerprint density at radius 1 is 1.26 bits per heavy atom. The zero-order chi connectivity index (χ0) is 13.9. The smallest absolute Gasteiger partial charge is 0.341 e. The molecule has 9 heteroatoms. The monoisotopic (exact) mass is 305 g/mol. The van der Waals surface area contributed by atoms with Crippen LogP contribution in [0.5, 0.6) is 0 Å². The van der Waals surface area contributed by atoms with Crippen LogP contribution in [0.1, 0.15) is 5.69 Å². The summed E-state index contributed by atoms with van der Waals surface area (Å²) in [5.41, 5.74) is 1.36. The Balaban J connectivity index is 2.07. The second-order valence-corrected chi connectivity index (χ2v) is 6.11. The van der Waals surface area contributed by atoms with Crippen molar-refractivity contribution in [2.45, 2.75) is 17.2 Å². The van der Waals surface area contributed by atoms with Gasteiger partial charge in [0, 0.05) is 11.1 Å². The van der Waals surface area contributed by atoms with Gasteiger partial charge in [0.15, 0.2) is 0 Å². The number of hydrogen-bond donors (Lipinski definition) is 1. The third-order valence-corrected chi connectivity index (χ3v) is 4.25. The lowest BCUT2D eigenvalue weighted by Crippen LogP contribution is -2.11. The van der Waals surface area contributed by atoms with E-state index in [1.807, 2.05) is 0 Å². The van der Waals surface area contributed by atoms with Gasteiger partial charge in [0.1, 0.15) is 0 Å². The zero-order valence-electron chi connectivity index (χ0n) is 9.45. The molecule has 0 spiro atoms. The summed E-state index contributed by atoms with van der Waals surface area (Å²) in [6, 6.07) is 5.14. The van der Waals surface area contributed by atoms with E-state index in [2.05, 4.69) is 14.9 Å². The van der Waals surface area contributed by atoms with Crippen molar-refractivity contribution in [1.29, 1.82) is 0 Å². The van der Waals surface area contributed by atoms with Crippen LogP contribution in [-0.2, 0) is 16.4 Å². The Bertz CT molecular complexity index is 627. The summed E-state index contributed by atoms with van der Waals surface area (Å²) in [6.45, 7) is 0.428. The minimum atomic E-state index is -4.53. The van der Waals surface area contributed by atoms with Crippen LogP contribution >= 0.6 is 11.5 Å². The second kappa shape index (κ2) is 5.57. The first-order chi connectivity index (χ1) is 9.00. The highest BCUT2D eigenvalue weighted by molar-refractivity contribution is 7.91. The molecule has 19 heavy (non-hydrogen) atoms. The summed E-state index contributed by atoms with van der Waals surface area (Å²) in [5.74, 6) is -3.41. The van der Waals surface area contributed by atoms with Crippen molar-refractivity contribution in [1.82, 2.24) is 9.59 Å². The van der Waals surface area contributed by atoms with Crippen molar-refractivity contribution >= 4 is 27.1 Å². The molecule has 2 aromatic rings. The van der Waals surface area contributed by atoms with Crippen LogP contribution in [0.3, 0.4) is 0 Å². The van der Waals surface area contributed by atoms with E-state index in [1.165, 1.54) is 23.7 Å². The Morgan fingerprint density at radius 2 is 1.95 bits per heavy atom. The SMILES string of the molecule is O=S(=O)(c1ccc(NCc2csnn2)cc1)C(F)F. The largest absolute Gasteiger partial charge is 0.379 e. The lowest BCUT2D eigenvalue weighted by molar-refractivity contribution is 0.234. The minimum Gasteiger partial charge on any atom is -0.379 e. The summed E-state index contributed by atoms with van der Waals surface area (Å²) in [5, 5.41) is 8.57. The van der Waals surface area contributed by atoms with Gasteiger partial charge in [-0.1, -0.05) is 4.49 Å². The van der Waals surface area contributed by atoms with Gasteiger partial charge in [-0.05, 0) is 35.8 Å². The number of halogens is 2. The van der Waals surface area contributed by atoms with Gasteiger partial charge in [-0.3, -0.25) is 0 Å². The standard InChI is InChI=1S/C10H9F2N3O2S2/c11-10(12)19(16,17)9-3-1-7(2-4-9)13-5-8-6-18-15-14-8/h1-4,6,10,13H,5H2. The number of nitrogens with one attached hydrogen (secondary N) is 1. The van der Waals surface area contributed by atoms with Crippen LogP contribution in [0.4, 0.5) is 14.5 Å². The molecule has 0 bridgehead atoms. The molecule has 1 aromatic carbocycles. The van der Waals surface area contributed by atoms with Crippen LogP contribution in [0, 0.1) is 0 Å². The van der Waals surface area contributed by atoms with Crippen molar-refractivity contribution in [3.63, 3.8) is 0 Å². The molecule has 0 saturated carbocycles. The summed E-state index contributed by atoms with van der Waals surface area (Å²) in [6.07, 6.45) is 0. The van der Waals surface area contributed by atoms with Gasteiger partial charge in [-0.25, -0.2) is 8.42 Å². The molecule has 0 amide bonds. The van der Waals surface area contributed by atoms with E-state index in [9.17, 15) is 17.2 Å². The average molecular weight is 305 g/mol. The normalized spacial score (nSPS) is 11.7. The number of sulfone groups is 1. The summed E-state index contributed by atoms with van der Waals surface area (Å²) < 4.78 is 50.7. The highest BCUT2D eigenvalue weighted by atomic mass is 32.2. The summed E-state index contributed by atoms with van der Waals surface area (Å²) in [4.78, 5) is -0.400. The molecule has 0 radical (unpaired) electrons. The zero-order valence-corrected chi connectivity index (χ0v) is 11.1. The van der Waals surface area contributed by atoms with Crippen molar-refractivity contribution < 1.29 is 17.2 Å². The van der Waals surface area contributed by atoms with Crippen LogP contribution in [0.15, 0.2) is 34.5 Å². The Kier molecular flexibility index (Phi) is 4.05. The van der Waals surface area contributed by atoms with E-state index < -0.39 is 20.5 Å². The lowest BCUT2D eigenvalue weighted by Gasteiger charge is -2.06. The number of hydrogen-bond acceptors (Lipinski definition) is 6. The Hall–Kier alpha value is -1.61. The van der Waals surface area contributed by atoms with Crippen molar-refractivity contribution in [2.75, 3.05) is 5.32 Å².